The molecule has 26 heavy (non-hydrogen) atoms. The van der Waals surface area contributed by atoms with Gasteiger partial charge in [0.15, 0.2) is 0 Å². The second-order valence-corrected chi connectivity index (χ2v) is 9.37. The molecule has 0 saturated carbocycles. The molecule has 0 radical (unpaired) electrons. The van der Waals surface area contributed by atoms with Crippen LogP contribution in [0.5, 0.6) is 0 Å². The molecule has 2 aromatic carbocycles. The third-order valence-corrected chi connectivity index (χ3v) is 5.17. The van der Waals surface area contributed by atoms with Crippen molar-refractivity contribution in [1.82, 2.24) is 0 Å². The van der Waals surface area contributed by atoms with Crippen molar-refractivity contribution in [3.63, 3.8) is 0 Å². The fourth-order valence-electron chi connectivity index (χ4n) is 3.91. The summed E-state index contributed by atoms with van der Waals surface area (Å²) in [4.78, 5) is 0. The van der Waals surface area contributed by atoms with Gasteiger partial charge in [-0.1, -0.05) is 61.5 Å². The molecule has 0 spiro atoms. The van der Waals surface area contributed by atoms with Gasteiger partial charge in [-0.2, -0.15) is 0 Å². The van der Waals surface area contributed by atoms with Crippen LogP contribution >= 0.6 is 0 Å². The molecule has 0 aliphatic carbocycles. The van der Waals surface area contributed by atoms with Crippen LogP contribution in [0.15, 0.2) is 24.3 Å². The Kier molecular flexibility index (Phi) is 5.46. The number of anilines is 2. The van der Waals surface area contributed by atoms with Gasteiger partial charge < -0.3 is 11.5 Å². The zero-order chi connectivity index (χ0) is 19.9. The summed E-state index contributed by atoms with van der Waals surface area (Å²) in [5.74, 6) is 0. The normalized spacial score (nSPS) is 12.5. The topological polar surface area (TPSA) is 52.0 Å². The van der Waals surface area contributed by atoms with Crippen LogP contribution in [0.4, 0.5) is 11.4 Å². The van der Waals surface area contributed by atoms with E-state index in [2.05, 4.69) is 73.6 Å². The Labute approximate surface area is 160 Å². The average molecular weight is 353 g/mol. The second-order valence-electron chi connectivity index (χ2n) is 9.37. The zero-order valence-electron chi connectivity index (χ0n) is 17.9. The van der Waals surface area contributed by atoms with E-state index in [1.165, 1.54) is 33.4 Å². The maximum atomic E-state index is 6.68. The first kappa shape index (κ1) is 20.4. The summed E-state index contributed by atoms with van der Waals surface area (Å²) in [6.07, 6.45) is 1.87. The van der Waals surface area contributed by atoms with Crippen molar-refractivity contribution in [2.75, 3.05) is 11.5 Å². The highest BCUT2D eigenvalue weighted by Crippen LogP contribution is 2.45. The molecule has 0 aliphatic heterocycles. The van der Waals surface area contributed by atoms with Gasteiger partial charge in [0.2, 0.25) is 0 Å². The molecule has 4 N–H and O–H groups in total. The van der Waals surface area contributed by atoms with E-state index >= 15 is 0 Å². The summed E-state index contributed by atoms with van der Waals surface area (Å²) in [6.45, 7) is 18.0. The fraction of sp³-hybridized carbons (Fsp3) is 0.500. The van der Waals surface area contributed by atoms with Crippen LogP contribution in [0, 0.1) is 0 Å². The number of benzene rings is 2. The van der Waals surface area contributed by atoms with Crippen LogP contribution in [0.3, 0.4) is 0 Å². The van der Waals surface area contributed by atoms with Gasteiger partial charge in [-0.15, -0.1) is 0 Å². The Bertz CT molecular complexity index is 802. The van der Waals surface area contributed by atoms with Crippen molar-refractivity contribution in [2.24, 2.45) is 0 Å². The van der Waals surface area contributed by atoms with E-state index in [1.807, 2.05) is 6.07 Å². The van der Waals surface area contributed by atoms with Crippen LogP contribution in [0.2, 0.25) is 0 Å². The number of aryl methyl sites for hydroxylation is 2. The molecule has 0 aromatic heterocycles. The lowest BCUT2D eigenvalue weighted by atomic mass is 9.70. The van der Waals surface area contributed by atoms with E-state index in [0.717, 1.165) is 24.2 Å². The molecule has 0 saturated heterocycles. The molecule has 2 aromatic rings. The second kappa shape index (κ2) is 6.98. The molecule has 0 heterocycles. The summed E-state index contributed by atoms with van der Waals surface area (Å²) < 4.78 is 0. The Hall–Kier alpha value is -1.96. The lowest BCUT2D eigenvalue weighted by molar-refractivity contribution is 0.533. The van der Waals surface area contributed by atoms with Gasteiger partial charge in [-0.25, -0.2) is 0 Å². The molecule has 2 heteroatoms. The van der Waals surface area contributed by atoms with Crippen molar-refractivity contribution in [2.45, 2.75) is 79.1 Å². The van der Waals surface area contributed by atoms with Crippen molar-refractivity contribution in [1.29, 1.82) is 0 Å². The average Bonchev–Trinajstić information content (AvgIpc) is 2.52. The SMILES string of the molecule is CCc1cc(-c2cc(CC)c(N)c(C(C)(C)C)c2C(C)(C)C)ccc1N. The maximum absolute atomic E-state index is 6.68. The summed E-state index contributed by atoms with van der Waals surface area (Å²) in [6, 6.07) is 8.75. The van der Waals surface area contributed by atoms with Gasteiger partial charge in [-0.05, 0) is 75.3 Å². The standard InChI is InChI=1S/C24H36N2/c1-9-15-13-17(11-12-19(15)25)18-14-16(10-2)22(26)21(24(6,7)8)20(18)23(3,4)5/h11-14H,9-10,25-26H2,1-8H3. The van der Waals surface area contributed by atoms with E-state index in [4.69, 9.17) is 11.5 Å². The van der Waals surface area contributed by atoms with E-state index in [1.54, 1.807) is 0 Å². The molecule has 0 unspecified atom stereocenters. The summed E-state index contributed by atoms with van der Waals surface area (Å²) in [5.41, 5.74) is 22.3. The third kappa shape index (κ3) is 3.75. The van der Waals surface area contributed by atoms with Crippen LogP contribution in [-0.2, 0) is 23.7 Å². The first-order chi connectivity index (χ1) is 11.9. The lowest BCUT2D eigenvalue weighted by Crippen LogP contribution is -2.25. The van der Waals surface area contributed by atoms with E-state index in [0.29, 0.717) is 0 Å². The summed E-state index contributed by atoms with van der Waals surface area (Å²) in [5, 5.41) is 0. The highest BCUT2D eigenvalue weighted by Gasteiger charge is 2.31. The maximum Gasteiger partial charge on any atom is 0.0387 e. The van der Waals surface area contributed by atoms with Gasteiger partial charge >= 0.3 is 0 Å². The summed E-state index contributed by atoms with van der Waals surface area (Å²) in [7, 11) is 0. The molecular formula is C24H36N2. The zero-order valence-corrected chi connectivity index (χ0v) is 17.9. The molecule has 0 bridgehead atoms. The minimum atomic E-state index is -0.0198. The number of rotatable bonds is 3. The molecule has 2 nitrogen and oxygen atoms in total. The predicted octanol–water partition coefficient (Wildman–Crippen LogP) is 6.24. The van der Waals surface area contributed by atoms with E-state index in [-0.39, 0.29) is 10.8 Å². The van der Waals surface area contributed by atoms with Gasteiger partial charge in [0.25, 0.3) is 0 Å². The quantitative estimate of drug-likeness (QED) is 0.643. The molecule has 142 valence electrons. The Morgan fingerprint density at radius 3 is 1.73 bits per heavy atom. The van der Waals surface area contributed by atoms with Gasteiger partial charge in [-0.3, -0.25) is 0 Å². The molecular weight excluding hydrogens is 316 g/mol. The highest BCUT2D eigenvalue weighted by molar-refractivity contribution is 5.79. The molecule has 0 fully saturated rings. The van der Waals surface area contributed by atoms with Crippen molar-refractivity contribution >= 4 is 11.4 Å². The third-order valence-electron chi connectivity index (χ3n) is 5.17. The van der Waals surface area contributed by atoms with Crippen molar-refractivity contribution in [3.05, 3.63) is 46.5 Å². The fourth-order valence-corrected chi connectivity index (χ4v) is 3.91. The molecule has 0 atom stereocenters. The first-order valence-electron chi connectivity index (χ1n) is 9.76. The van der Waals surface area contributed by atoms with Crippen molar-refractivity contribution in [3.8, 4) is 11.1 Å². The van der Waals surface area contributed by atoms with Crippen LogP contribution in [0.25, 0.3) is 11.1 Å². The number of nitrogen functional groups attached to an aromatic ring is 2. The van der Waals surface area contributed by atoms with Crippen LogP contribution in [0.1, 0.15) is 77.6 Å². The predicted molar refractivity (Wildman–Crippen MR) is 117 cm³/mol. The lowest BCUT2D eigenvalue weighted by Gasteiger charge is -2.35. The van der Waals surface area contributed by atoms with Crippen molar-refractivity contribution < 1.29 is 0 Å². The Morgan fingerprint density at radius 2 is 1.27 bits per heavy atom. The Balaban J connectivity index is 2.97. The minimum absolute atomic E-state index is 0.00784. The largest absolute Gasteiger partial charge is 0.399 e. The van der Waals surface area contributed by atoms with Crippen LogP contribution in [-0.4, -0.2) is 0 Å². The smallest absolute Gasteiger partial charge is 0.0387 e. The monoisotopic (exact) mass is 352 g/mol. The minimum Gasteiger partial charge on any atom is -0.399 e. The molecule has 0 amide bonds. The molecule has 0 aliphatic rings. The first-order valence-corrected chi connectivity index (χ1v) is 9.76. The van der Waals surface area contributed by atoms with Crippen LogP contribution < -0.4 is 11.5 Å². The van der Waals surface area contributed by atoms with E-state index in [9.17, 15) is 0 Å². The molecule has 2 rings (SSSR count). The number of nitrogens with two attached hydrogens (primary N) is 2. The van der Waals surface area contributed by atoms with Gasteiger partial charge in [0.1, 0.15) is 0 Å². The van der Waals surface area contributed by atoms with E-state index < -0.39 is 0 Å². The van der Waals surface area contributed by atoms with Gasteiger partial charge in [0.05, 0.1) is 0 Å². The Morgan fingerprint density at radius 1 is 0.731 bits per heavy atom. The number of hydrogen-bond acceptors (Lipinski definition) is 2. The number of hydrogen-bond donors (Lipinski definition) is 2. The highest BCUT2D eigenvalue weighted by atomic mass is 14.6. The van der Waals surface area contributed by atoms with Gasteiger partial charge in [0, 0.05) is 11.4 Å². The summed E-state index contributed by atoms with van der Waals surface area (Å²) >= 11 is 0.